The Kier molecular flexibility index (Phi) is 3.51. The predicted octanol–water partition coefficient (Wildman–Crippen LogP) is 5.64. The third kappa shape index (κ3) is 2.58. The largest absolute Gasteiger partial charge is 0.453 e. The number of halogens is 2. The molecule has 1 heterocycles. The maximum atomic E-state index is 6.17. The van der Waals surface area contributed by atoms with Gasteiger partial charge in [0.05, 0.1) is 21.8 Å². The second-order valence-electron chi connectivity index (χ2n) is 4.52. The molecule has 0 spiro atoms. The van der Waals surface area contributed by atoms with Gasteiger partial charge in [0.15, 0.2) is 5.75 Å². The van der Waals surface area contributed by atoms with Crippen LogP contribution in [0.4, 0.5) is 0 Å². The fourth-order valence-corrected chi connectivity index (χ4v) is 2.68. The summed E-state index contributed by atoms with van der Waals surface area (Å²) in [4.78, 5) is 4.34. The zero-order valence-corrected chi connectivity index (χ0v) is 12.2. The van der Waals surface area contributed by atoms with Gasteiger partial charge in [0.1, 0.15) is 5.75 Å². The van der Waals surface area contributed by atoms with E-state index < -0.39 is 0 Å². The van der Waals surface area contributed by atoms with Crippen LogP contribution in [0.3, 0.4) is 0 Å². The second kappa shape index (κ2) is 5.31. The highest BCUT2D eigenvalue weighted by Gasteiger charge is 2.10. The van der Waals surface area contributed by atoms with Gasteiger partial charge in [0.25, 0.3) is 0 Å². The van der Waals surface area contributed by atoms with Gasteiger partial charge in [0, 0.05) is 5.39 Å². The molecule has 0 radical (unpaired) electrons. The van der Waals surface area contributed by atoms with Gasteiger partial charge in [-0.2, -0.15) is 0 Å². The van der Waals surface area contributed by atoms with Crippen LogP contribution >= 0.6 is 23.2 Å². The number of ether oxygens (including phenoxy) is 1. The van der Waals surface area contributed by atoms with Crippen molar-refractivity contribution in [3.8, 4) is 11.5 Å². The zero-order chi connectivity index (χ0) is 14.1. The molecular formula is C16H11Cl2NO. The molecule has 0 bridgehead atoms. The van der Waals surface area contributed by atoms with Gasteiger partial charge in [-0.1, -0.05) is 41.4 Å². The highest BCUT2D eigenvalue weighted by molar-refractivity contribution is 6.37. The number of para-hydroxylation sites is 1. The molecule has 0 fully saturated rings. The molecule has 2 aromatic carbocycles. The number of hydrogen-bond donors (Lipinski definition) is 0. The summed E-state index contributed by atoms with van der Waals surface area (Å²) in [6.45, 7) is 1.93. The van der Waals surface area contributed by atoms with Crippen molar-refractivity contribution < 1.29 is 4.74 Å². The van der Waals surface area contributed by atoms with Gasteiger partial charge < -0.3 is 4.74 Å². The molecule has 3 rings (SSSR count). The molecule has 0 saturated carbocycles. The van der Waals surface area contributed by atoms with Crippen LogP contribution in [0.2, 0.25) is 10.0 Å². The quantitative estimate of drug-likeness (QED) is 0.611. The molecule has 0 amide bonds. The summed E-state index contributed by atoms with van der Waals surface area (Å²) < 4.78 is 5.78. The monoisotopic (exact) mass is 303 g/mol. The van der Waals surface area contributed by atoms with Crippen LogP contribution in [-0.4, -0.2) is 4.98 Å². The molecule has 1 aromatic heterocycles. The summed E-state index contributed by atoms with van der Waals surface area (Å²) in [5, 5.41) is 1.98. The third-order valence-electron chi connectivity index (χ3n) is 2.93. The summed E-state index contributed by atoms with van der Waals surface area (Å²) in [5.41, 5.74) is 1.91. The lowest BCUT2D eigenvalue weighted by Gasteiger charge is -2.10. The van der Waals surface area contributed by atoms with E-state index in [-0.39, 0.29) is 0 Å². The van der Waals surface area contributed by atoms with Crippen LogP contribution in [0, 0.1) is 6.92 Å². The standard InChI is InChI=1S/C16H11Cl2NO/c1-10-6-13(17)16(14(18)7-10)20-12-8-11-4-2-3-5-15(11)19-9-12/h2-9H,1H3. The fourth-order valence-electron chi connectivity index (χ4n) is 2.01. The molecule has 100 valence electrons. The Bertz CT molecular complexity index is 763. The predicted molar refractivity (Wildman–Crippen MR) is 83.0 cm³/mol. The van der Waals surface area contributed by atoms with Crippen molar-refractivity contribution in [3.05, 3.63) is 64.3 Å². The fraction of sp³-hybridized carbons (Fsp3) is 0.0625. The molecule has 0 atom stereocenters. The zero-order valence-electron chi connectivity index (χ0n) is 10.7. The Morgan fingerprint density at radius 3 is 2.45 bits per heavy atom. The number of nitrogens with zero attached hydrogens (tertiary/aromatic N) is 1. The minimum absolute atomic E-state index is 0.455. The van der Waals surface area contributed by atoms with Crippen LogP contribution in [-0.2, 0) is 0 Å². The summed E-state index contributed by atoms with van der Waals surface area (Å²) >= 11 is 12.3. The molecule has 2 nitrogen and oxygen atoms in total. The number of fused-ring (bicyclic) bond motifs is 1. The van der Waals surface area contributed by atoms with Crippen LogP contribution in [0.1, 0.15) is 5.56 Å². The topological polar surface area (TPSA) is 22.1 Å². The molecule has 0 N–H and O–H groups in total. The normalized spacial score (nSPS) is 10.8. The molecule has 0 aliphatic rings. The van der Waals surface area contributed by atoms with Gasteiger partial charge in [-0.3, -0.25) is 4.98 Å². The number of hydrogen-bond acceptors (Lipinski definition) is 2. The van der Waals surface area contributed by atoms with Crippen LogP contribution in [0.25, 0.3) is 10.9 Å². The summed E-state index contributed by atoms with van der Waals surface area (Å²) in [6.07, 6.45) is 1.66. The third-order valence-corrected chi connectivity index (χ3v) is 3.49. The first-order valence-corrected chi connectivity index (χ1v) is 6.87. The van der Waals surface area contributed by atoms with E-state index >= 15 is 0 Å². The molecule has 20 heavy (non-hydrogen) atoms. The first kappa shape index (κ1) is 13.2. The first-order chi connectivity index (χ1) is 9.63. The Hall–Kier alpha value is -1.77. The summed E-state index contributed by atoms with van der Waals surface area (Å²) in [6, 6.07) is 13.4. The van der Waals surface area contributed by atoms with Gasteiger partial charge in [-0.15, -0.1) is 0 Å². The van der Waals surface area contributed by atoms with Crippen molar-refractivity contribution in [1.29, 1.82) is 0 Å². The second-order valence-corrected chi connectivity index (χ2v) is 5.34. The maximum absolute atomic E-state index is 6.17. The van der Waals surface area contributed by atoms with Crippen molar-refractivity contribution in [2.45, 2.75) is 6.92 Å². The average Bonchev–Trinajstić information content (AvgIpc) is 2.42. The first-order valence-electron chi connectivity index (χ1n) is 6.12. The lowest BCUT2D eigenvalue weighted by molar-refractivity contribution is 0.481. The van der Waals surface area contributed by atoms with Crippen LogP contribution in [0.5, 0.6) is 11.5 Å². The van der Waals surface area contributed by atoms with E-state index in [2.05, 4.69) is 4.98 Å². The molecule has 3 aromatic rings. The number of aryl methyl sites for hydroxylation is 1. The van der Waals surface area contributed by atoms with Crippen molar-refractivity contribution in [3.63, 3.8) is 0 Å². The van der Waals surface area contributed by atoms with Gasteiger partial charge in [-0.05, 0) is 36.8 Å². The van der Waals surface area contributed by atoms with Crippen LogP contribution < -0.4 is 4.74 Å². The SMILES string of the molecule is Cc1cc(Cl)c(Oc2cnc3ccccc3c2)c(Cl)c1. The Balaban J connectivity index is 2.01. The smallest absolute Gasteiger partial charge is 0.164 e. The van der Waals surface area contributed by atoms with Gasteiger partial charge >= 0.3 is 0 Å². The van der Waals surface area contributed by atoms with Crippen LogP contribution in [0.15, 0.2) is 48.7 Å². The van der Waals surface area contributed by atoms with E-state index in [9.17, 15) is 0 Å². The number of pyridine rings is 1. The molecule has 0 aliphatic heterocycles. The summed E-state index contributed by atoms with van der Waals surface area (Å²) in [5.74, 6) is 1.06. The highest BCUT2D eigenvalue weighted by atomic mass is 35.5. The van der Waals surface area contributed by atoms with Gasteiger partial charge in [-0.25, -0.2) is 0 Å². The number of aromatic nitrogens is 1. The highest BCUT2D eigenvalue weighted by Crippen LogP contribution is 2.37. The molecular weight excluding hydrogens is 293 g/mol. The number of benzene rings is 2. The Morgan fingerprint density at radius 2 is 1.70 bits per heavy atom. The Morgan fingerprint density at radius 1 is 1.00 bits per heavy atom. The molecule has 0 saturated heterocycles. The van der Waals surface area contributed by atoms with E-state index in [1.807, 2.05) is 49.4 Å². The molecule has 4 heteroatoms. The lowest BCUT2D eigenvalue weighted by Crippen LogP contribution is -1.89. The minimum Gasteiger partial charge on any atom is -0.453 e. The minimum atomic E-state index is 0.455. The molecule has 0 unspecified atom stereocenters. The van der Waals surface area contributed by atoms with Crippen molar-refractivity contribution in [1.82, 2.24) is 4.98 Å². The van der Waals surface area contributed by atoms with Crippen molar-refractivity contribution >= 4 is 34.1 Å². The van der Waals surface area contributed by atoms with E-state index in [1.165, 1.54) is 0 Å². The van der Waals surface area contributed by atoms with E-state index in [1.54, 1.807) is 6.20 Å². The van der Waals surface area contributed by atoms with Gasteiger partial charge in [0.2, 0.25) is 0 Å². The van der Waals surface area contributed by atoms with E-state index in [0.717, 1.165) is 16.5 Å². The van der Waals surface area contributed by atoms with Crippen molar-refractivity contribution in [2.24, 2.45) is 0 Å². The van der Waals surface area contributed by atoms with E-state index in [0.29, 0.717) is 21.5 Å². The van der Waals surface area contributed by atoms with Crippen molar-refractivity contribution in [2.75, 3.05) is 0 Å². The molecule has 0 aliphatic carbocycles. The maximum Gasteiger partial charge on any atom is 0.164 e. The summed E-state index contributed by atoms with van der Waals surface area (Å²) in [7, 11) is 0. The van der Waals surface area contributed by atoms with E-state index in [4.69, 9.17) is 27.9 Å². The lowest BCUT2D eigenvalue weighted by atomic mass is 10.2. The Labute approximate surface area is 126 Å². The number of rotatable bonds is 2. The average molecular weight is 304 g/mol.